The first-order valence-electron chi connectivity index (χ1n) is 12.9. The molecule has 0 spiro atoms. The minimum atomic E-state index is 0.0694. The van der Waals surface area contributed by atoms with Crippen molar-refractivity contribution in [3.63, 3.8) is 0 Å². The van der Waals surface area contributed by atoms with E-state index in [0.29, 0.717) is 35.9 Å². The lowest BCUT2D eigenvalue weighted by atomic mass is 10.1. The molecule has 2 aromatic carbocycles. The van der Waals surface area contributed by atoms with E-state index in [4.69, 9.17) is 4.74 Å². The standard InChI is InChI=1S/C29H29N5O3/c35-26-7-5-17-34(26)19-22-9-8-21(27-31-24-6-4-14-30-28(24)32-27)18-25(22)37-23-12-10-20(11-13-23)29(36)33-15-2-1-3-16-33/h4,6,8-14,18H,1-3,5,7,15-17,19H2,(H,30,31,32). The largest absolute Gasteiger partial charge is 0.457 e. The minimum absolute atomic E-state index is 0.0694. The van der Waals surface area contributed by atoms with E-state index in [1.807, 2.05) is 64.4 Å². The van der Waals surface area contributed by atoms with Gasteiger partial charge in [0, 0.05) is 55.5 Å². The molecular weight excluding hydrogens is 466 g/mol. The Hall–Kier alpha value is -4.20. The molecule has 2 fully saturated rings. The summed E-state index contributed by atoms with van der Waals surface area (Å²) in [6.07, 6.45) is 6.51. The Balaban J connectivity index is 1.28. The molecule has 2 aliphatic heterocycles. The molecule has 0 bridgehead atoms. The quantitative estimate of drug-likeness (QED) is 0.399. The summed E-state index contributed by atoms with van der Waals surface area (Å²) in [6.45, 7) is 2.88. The molecule has 2 amide bonds. The summed E-state index contributed by atoms with van der Waals surface area (Å²) >= 11 is 0. The third-order valence-corrected chi connectivity index (χ3v) is 7.10. The molecule has 0 unspecified atom stereocenters. The van der Waals surface area contributed by atoms with E-state index >= 15 is 0 Å². The summed E-state index contributed by atoms with van der Waals surface area (Å²) in [4.78, 5) is 41.2. The number of hydrogen-bond acceptors (Lipinski definition) is 5. The van der Waals surface area contributed by atoms with Crippen LogP contribution in [0.2, 0.25) is 0 Å². The highest BCUT2D eigenvalue weighted by molar-refractivity contribution is 5.94. The number of imidazole rings is 1. The van der Waals surface area contributed by atoms with Gasteiger partial charge in [-0.3, -0.25) is 9.59 Å². The number of carbonyl (C=O) groups is 2. The topological polar surface area (TPSA) is 91.4 Å². The smallest absolute Gasteiger partial charge is 0.253 e. The van der Waals surface area contributed by atoms with E-state index in [-0.39, 0.29) is 11.8 Å². The van der Waals surface area contributed by atoms with Crippen LogP contribution >= 0.6 is 0 Å². The molecule has 4 heterocycles. The monoisotopic (exact) mass is 495 g/mol. The van der Waals surface area contributed by atoms with E-state index in [9.17, 15) is 9.59 Å². The Labute approximate surface area is 215 Å². The summed E-state index contributed by atoms with van der Waals surface area (Å²) < 4.78 is 6.35. The number of fused-ring (bicyclic) bond motifs is 1. The number of pyridine rings is 1. The highest BCUT2D eigenvalue weighted by Gasteiger charge is 2.22. The van der Waals surface area contributed by atoms with Crippen molar-refractivity contribution in [1.82, 2.24) is 24.8 Å². The number of nitrogens with zero attached hydrogens (tertiary/aromatic N) is 4. The van der Waals surface area contributed by atoms with Crippen LogP contribution in [0.5, 0.6) is 11.5 Å². The number of benzene rings is 2. The van der Waals surface area contributed by atoms with Crippen LogP contribution in [0.15, 0.2) is 60.8 Å². The molecule has 37 heavy (non-hydrogen) atoms. The summed E-state index contributed by atoms with van der Waals surface area (Å²) in [5.74, 6) is 2.22. The van der Waals surface area contributed by atoms with Gasteiger partial charge in [-0.2, -0.15) is 0 Å². The normalized spacial score (nSPS) is 15.9. The van der Waals surface area contributed by atoms with Crippen molar-refractivity contribution in [3.8, 4) is 22.9 Å². The van der Waals surface area contributed by atoms with Crippen molar-refractivity contribution < 1.29 is 14.3 Å². The first-order valence-corrected chi connectivity index (χ1v) is 12.9. The van der Waals surface area contributed by atoms with E-state index in [2.05, 4.69) is 15.0 Å². The minimum Gasteiger partial charge on any atom is -0.457 e. The maximum atomic E-state index is 12.9. The number of hydrogen-bond donors (Lipinski definition) is 1. The van der Waals surface area contributed by atoms with Gasteiger partial charge in [0.15, 0.2) is 5.65 Å². The molecule has 0 atom stereocenters. The number of ether oxygens (including phenoxy) is 1. The van der Waals surface area contributed by atoms with Crippen LogP contribution < -0.4 is 4.74 Å². The number of nitrogens with one attached hydrogen (secondary N) is 1. The summed E-state index contributed by atoms with van der Waals surface area (Å²) in [5, 5.41) is 0. The van der Waals surface area contributed by atoms with Gasteiger partial charge in [-0.25, -0.2) is 9.97 Å². The van der Waals surface area contributed by atoms with Crippen LogP contribution in [0.1, 0.15) is 48.0 Å². The van der Waals surface area contributed by atoms with Crippen LogP contribution in [-0.2, 0) is 11.3 Å². The fourth-order valence-corrected chi connectivity index (χ4v) is 5.06. The molecule has 0 aliphatic carbocycles. The molecule has 0 saturated carbocycles. The number of carbonyl (C=O) groups excluding carboxylic acids is 2. The van der Waals surface area contributed by atoms with Gasteiger partial charge >= 0.3 is 0 Å². The number of aromatic amines is 1. The molecule has 4 aromatic rings. The fourth-order valence-electron chi connectivity index (χ4n) is 5.06. The molecular formula is C29H29N5O3. The van der Waals surface area contributed by atoms with Gasteiger partial charge in [-0.1, -0.05) is 12.1 Å². The van der Waals surface area contributed by atoms with Crippen LogP contribution in [0, 0.1) is 0 Å². The van der Waals surface area contributed by atoms with Gasteiger partial charge in [0.25, 0.3) is 5.91 Å². The molecule has 0 radical (unpaired) electrons. The molecule has 8 heteroatoms. The highest BCUT2D eigenvalue weighted by Crippen LogP contribution is 2.32. The van der Waals surface area contributed by atoms with E-state index in [1.54, 1.807) is 6.20 Å². The number of H-pyrrole nitrogens is 1. The third kappa shape index (κ3) is 4.91. The maximum Gasteiger partial charge on any atom is 0.253 e. The molecule has 188 valence electrons. The number of likely N-dealkylation sites (tertiary alicyclic amines) is 2. The van der Waals surface area contributed by atoms with Crippen LogP contribution in [0.4, 0.5) is 0 Å². The average molecular weight is 496 g/mol. The lowest BCUT2D eigenvalue weighted by Gasteiger charge is -2.26. The van der Waals surface area contributed by atoms with Crippen LogP contribution in [0.3, 0.4) is 0 Å². The average Bonchev–Trinajstić information content (AvgIpc) is 3.56. The second kappa shape index (κ2) is 10.0. The zero-order chi connectivity index (χ0) is 25.2. The molecule has 8 nitrogen and oxygen atoms in total. The van der Waals surface area contributed by atoms with Crippen LogP contribution in [0.25, 0.3) is 22.6 Å². The number of aromatic nitrogens is 3. The Morgan fingerprint density at radius 3 is 2.57 bits per heavy atom. The van der Waals surface area contributed by atoms with Gasteiger partial charge in [0.2, 0.25) is 5.91 Å². The molecule has 2 aliphatic rings. The number of piperidine rings is 1. The van der Waals surface area contributed by atoms with E-state index in [1.165, 1.54) is 6.42 Å². The Kier molecular flexibility index (Phi) is 6.30. The first kappa shape index (κ1) is 23.2. The van der Waals surface area contributed by atoms with Gasteiger partial charge in [-0.15, -0.1) is 0 Å². The molecule has 2 saturated heterocycles. The lowest BCUT2D eigenvalue weighted by molar-refractivity contribution is -0.128. The lowest BCUT2D eigenvalue weighted by Crippen LogP contribution is -2.35. The predicted molar refractivity (Wildman–Crippen MR) is 140 cm³/mol. The second-order valence-electron chi connectivity index (χ2n) is 9.68. The first-order chi connectivity index (χ1) is 18.1. The van der Waals surface area contributed by atoms with E-state index in [0.717, 1.165) is 61.2 Å². The Morgan fingerprint density at radius 1 is 0.973 bits per heavy atom. The van der Waals surface area contributed by atoms with E-state index < -0.39 is 0 Å². The van der Waals surface area contributed by atoms with Crippen molar-refractivity contribution in [3.05, 3.63) is 71.9 Å². The zero-order valence-electron chi connectivity index (χ0n) is 20.7. The van der Waals surface area contributed by atoms with Crippen molar-refractivity contribution in [1.29, 1.82) is 0 Å². The summed E-state index contributed by atoms with van der Waals surface area (Å²) in [5.41, 5.74) is 3.96. The SMILES string of the molecule is O=C1CCCN1Cc1ccc(-c2nc3cccnc3[nH]2)cc1Oc1ccc(C(=O)N2CCCCC2)cc1. The number of rotatable bonds is 6. The Bertz CT molecular complexity index is 1410. The van der Waals surface area contributed by atoms with Crippen molar-refractivity contribution in [2.45, 2.75) is 38.6 Å². The maximum absolute atomic E-state index is 12.9. The number of amides is 2. The van der Waals surface area contributed by atoms with Crippen molar-refractivity contribution in [2.75, 3.05) is 19.6 Å². The summed E-state index contributed by atoms with van der Waals surface area (Å²) in [6, 6.07) is 17.0. The van der Waals surface area contributed by atoms with Crippen molar-refractivity contribution >= 4 is 23.0 Å². The zero-order valence-corrected chi connectivity index (χ0v) is 20.7. The Morgan fingerprint density at radius 2 is 1.81 bits per heavy atom. The fraction of sp³-hybridized carbons (Fsp3) is 0.310. The van der Waals surface area contributed by atoms with Crippen LogP contribution in [-0.4, -0.2) is 56.2 Å². The predicted octanol–water partition coefficient (Wildman–Crippen LogP) is 5.17. The van der Waals surface area contributed by atoms with Gasteiger partial charge in [0.05, 0.1) is 0 Å². The second-order valence-corrected chi connectivity index (χ2v) is 9.68. The van der Waals surface area contributed by atoms with Gasteiger partial charge < -0.3 is 19.5 Å². The summed E-state index contributed by atoms with van der Waals surface area (Å²) in [7, 11) is 0. The van der Waals surface area contributed by atoms with Crippen molar-refractivity contribution in [2.24, 2.45) is 0 Å². The highest BCUT2D eigenvalue weighted by atomic mass is 16.5. The van der Waals surface area contributed by atoms with Gasteiger partial charge in [-0.05, 0) is 68.1 Å². The van der Waals surface area contributed by atoms with Gasteiger partial charge in [0.1, 0.15) is 22.8 Å². The molecule has 2 aromatic heterocycles. The molecule has 1 N–H and O–H groups in total. The molecule has 6 rings (SSSR count). The third-order valence-electron chi connectivity index (χ3n) is 7.10.